The molecular formula is C45H86BN11. The van der Waals surface area contributed by atoms with E-state index in [1.165, 1.54) is 0 Å². The van der Waals surface area contributed by atoms with Gasteiger partial charge in [-0.1, -0.05) is 0 Å². The van der Waals surface area contributed by atoms with Gasteiger partial charge in [0.1, 0.15) is 0 Å². The van der Waals surface area contributed by atoms with E-state index in [1.54, 1.807) is 0 Å². The summed E-state index contributed by atoms with van der Waals surface area (Å²) in [5.74, 6) is 1.35. The fourth-order valence-electron chi connectivity index (χ4n) is 11.9. The van der Waals surface area contributed by atoms with Crippen LogP contribution in [-0.2, 0) is 0 Å². The molecule has 0 aliphatic carbocycles. The van der Waals surface area contributed by atoms with E-state index in [9.17, 15) is 0 Å². The van der Waals surface area contributed by atoms with Crippen LogP contribution in [0.2, 0.25) is 0 Å². The molecule has 5 rings (SSSR count). The lowest BCUT2D eigenvalue weighted by Crippen LogP contribution is -2.65. The van der Waals surface area contributed by atoms with Crippen LogP contribution in [0.5, 0.6) is 0 Å². The highest BCUT2D eigenvalue weighted by molar-refractivity contribution is 6.29. The first kappa shape index (κ1) is 46.5. The van der Waals surface area contributed by atoms with Gasteiger partial charge in [-0.15, -0.1) is 0 Å². The normalized spacial score (nSPS) is 28.4. The van der Waals surface area contributed by atoms with Crippen LogP contribution in [0.1, 0.15) is 162 Å². The Bertz CT molecular complexity index is 1390. The SMILES string of the molecule is [B]c1nc(N(CNC2CC(C)(C)N(C)C(C)(C)C2)C2CC(C)(C)N(C)C(C)(C)C2)nc(N(CNC2CC(C)(C)N(C)C(C)(C)C2)C2CC(C)(C)N(C)C(C)(C)C2)n1. The zero-order valence-electron chi connectivity index (χ0n) is 40.5. The van der Waals surface area contributed by atoms with Gasteiger partial charge in [0.15, 0.2) is 7.85 Å². The van der Waals surface area contributed by atoms with Gasteiger partial charge in [-0.25, -0.2) is 9.97 Å². The summed E-state index contributed by atoms with van der Waals surface area (Å²) < 4.78 is 0. The van der Waals surface area contributed by atoms with Crippen molar-refractivity contribution in [3.8, 4) is 0 Å². The van der Waals surface area contributed by atoms with E-state index in [1.807, 2.05) is 0 Å². The van der Waals surface area contributed by atoms with Gasteiger partial charge in [0.25, 0.3) is 0 Å². The van der Waals surface area contributed by atoms with Gasteiger partial charge in [0, 0.05) is 68.5 Å². The van der Waals surface area contributed by atoms with Crippen molar-refractivity contribution in [3.63, 3.8) is 0 Å². The predicted octanol–water partition coefficient (Wildman–Crippen LogP) is 5.98. The molecule has 0 aromatic carbocycles. The van der Waals surface area contributed by atoms with Crippen molar-refractivity contribution >= 4 is 25.5 Å². The molecule has 0 spiro atoms. The zero-order chi connectivity index (χ0) is 43.1. The van der Waals surface area contributed by atoms with Crippen LogP contribution in [0.25, 0.3) is 0 Å². The second-order valence-corrected chi connectivity index (χ2v) is 24.0. The molecule has 11 nitrogen and oxygen atoms in total. The molecule has 0 amide bonds. The molecule has 4 saturated heterocycles. The smallest absolute Gasteiger partial charge is 0.230 e. The molecule has 4 aliphatic heterocycles. The molecule has 2 radical (unpaired) electrons. The molecule has 0 bridgehead atoms. The second-order valence-electron chi connectivity index (χ2n) is 24.0. The number of nitrogens with one attached hydrogen (secondary N) is 2. The van der Waals surface area contributed by atoms with E-state index < -0.39 is 0 Å². The Kier molecular flexibility index (Phi) is 12.6. The van der Waals surface area contributed by atoms with Crippen molar-refractivity contribution in [1.29, 1.82) is 0 Å². The third-order valence-corrected chi connectivity index (χ3v) is 16.3. The fraction of sp³-hybridized carbons (Fsp3) is 0.933. The molecule has 0 saturated carbocycles. The van der Waals surface area contributed by atoms with Gasteiger partial charge >= 0.3 is 0 Å². The number of piperidine rings is 4. The van der Waals surface area contributed by atoms with Gasteiger partial charge in [-0.05, 0) is 190 Å². The standard InChI is InChI=1S/C45H86BN11/c1-38(2)21-31(22-39(3,4)52(38)17)47-29-56(33-25-42(9,10)54(19)43(11,12)26-33)36-49-35(46)50-37(51-36)57(34-27-44(13,14)55(20)45(15,16)28-34)30-48-32-23-40(5,6)53(18)41(7,8)24-32/h31-34,47-48H,21-30H2,1-20H3. The van der Waals surface area contributed by atoms with Gasteiger partial charge in [0.05, 0.1) is 19.1 Å². The maximum absolute atomic E-state index is 6.82. The van der Waals surface area contributed by atoms with E-state index in [0.29, 0.717) is 37.3 Å². The molecule has 0 unspecified atom stereocenters. The lowest BCUT2D eigenvalue weighted by Gasteiger charge is -2.56. The first-order valence-corrected chi connectivity index (χ1v) is 22.2. The quantitative estimate of drug-likeness (QED) is 0.217. The molecule has 324 valence electrons. The molecule has 5 heterocycles. The van der Waals surface area contributed by atoms with E-state index in [-0.39, 0.29) is 62.1 Å². The number of nitrogens with zero attached hydrogens (tertiary/aromatic N) is 9. The van der Waals surface area contributed by atoms with Crippen LogP contribution in [-0.4, -0.2) is 152 Å². The summed E-state index contributed by atoms with van der Waals surface area (Å²) in [6.07, 6.45) is 8.24. The minimum absolute atomic E-state index is 0.0134. The summed E-state index contributed by atoms with van der Waals surface area (Å²) >= 11 is 0. The Morgan fingerprint density at radius 2 is 0.667 bits per heavy atom. The van der Waals surface area contributed by atoms with Crippen molar-refractivity contribution in [3.05, 3.63) is 0 Å². The Hall–Kier alpha value is -1.57. The Morgan fingerprint density at radius 3 is 0.912 bits per heavy atom. The molecular weight excluding hydrogens is 705 g/mol. The predicted molar refractivity (Wildman–Crippen MR) is 242 cm³/mol. The number of aromatic nitrogens is 3. The first-order chi connectivity index (χ1) is 25.7. The second kappa shape index (κ2) is 15.4. The highest BCUT2D eigenvalue weighted by atomic mass is 15.4. The third-order valence-electron chi connectivity index (χ3n) is 16.3. The Balaban J connectivity index is 1.56. The van der Waals surface area contributed by atoms with E-state index in [4.69, 9.17) is 22.8 Å². The number of anilines is 2. The zero-order valence-corrected chi connectivity index (χ0v) is 40.5. The highest BCUT2D eigenvalue weighted by Crippen LogP contribution is 2.43. The van der Waals surface area contributed by atoms with Crippen LogP contribution in [0, 0.1) is 0 Å². The first-order valence-electron chi connectivity index (χ1n) is 22.2. The number of rotatable bonds is 10. The van der Waals surface area contributed by atoms with Gasteiger partial charge < -0.3 is 9.80 Å². The topological polar surface area (TPSA) is 82.2 Å². The summed E-state index contributed by atoms with van der Waals surface area (Å²) in [6.45, 7) is 39.4. The Labute approximate surface area is 351 Å². The monoisotopic (exact) mass is 792 g/mol. The molecule has 0 atom stereocenters. The molecule has 4 fully saturated rings. The van der Waals surface area contributed by atoms with E-state index >= 15 is 0 Å². The number of likely N-dealkylation sites (tertiary alicyclic amines) is 4. The molecule has 2 N–H and O–H groups in total. The van der Waals surface area contributed by atoms with Crippen LogP contribution in [0.15, 0.2) is 0 Å². The molecule has 57 heavy (non-hydrogen) atoms. The van der Waals surface area contributed by atoms with Crippen LogP contribution >= 0.6 is 0 Å². The average Bonchev–Trinajstić information content (AvgIpc) is 3.03. The molecule has 4 aliphatic rings. The van der Waals surface area contributed by atoms with Gasteiger partial charge in [-0.3, -0.25) is 30.2 Å². The van der Waals surface area contributed by atoms with Gasteiger partial charge in [0.2, 0.25) is 11.9 Å². The molecule has 1 aromatic heterocycles. The van der Waals surface area contributed by atoms with Crippen LogP contribution in [0.3, 0.4) is 0 Å². The lowest BCUT2D eigenvalue weighted by atomic mass is 9.77. The van der Waals surface area contributed by atoms with Crippen molar-refractivity contribution < 1.29 is 0 Å². The maximum Gasteiger partial charge on any atom is 0.230 e. The van der Waals surface area contributed by atoms with Crippen LogP contribution in [0.4, 0.5) is 11.9 Å². The summed E-state index contributed by atoms with van der Waals surface area (Å²) in [4.78, 5) is 30.6. The van der Waals surface area contributed by atoms with Crippen LogP contribution < -0.4 is 26.2 Å². The average molecular weight is 792 g/mol. The number of hydrogen-bond donors (Lipinski definition) is 2. The minimum atomic E-state index is -0.0134. The fourth-order valence-corrected chi connectivity index (χ4v) is 11.9. The lowest BCUT2D eigenvalue weighted by molar-refractivity contribution is -0.0211. The van der Waals surface area contributed by atoms with E-state index in [0.717, 1.165) is 51.4 Å². The molecule has 12 heteroatoms. The maximum atomic E-state index is 6.82. The largest absolute Gasteiger partial charge is 0.325 e. The molecule has 1 aromatic rings. The highest BCUT2D eigenvalue weighted by Gasteiger charge is 2.49. The Morgan fingerprint density at radius 1 is 0.439 bits per heavy atom. The summed E-state index contributed by atoms with van der Waals surface area (Å²) in [5, 5.41) is 8.14. The number of hydrogen-bond acceptors (Lipinski definition) is 11. The van der Waals surface area contributed by atoms with Gasteiger partial charge in [-0.2, -0.15) is 4.98 Å². The third kappa shape index (κ3) is 9.67. The van der Waals surface area contributed by atoms with Crippen molar-refractivity contribution in [1.82, 2.24) is 45.2 Å². The summed E-state index contributed by atoms with van der Waals surface area (Å²) in [6, 6.07) is 1.12. The van der Waals surface area contributed by atoms with Crippen molar-refractivity contribution in [2.24, 2.45) is 0 Å². The summed E-state index contributed by atoms with van der Waals surface area (Å²) in [5.41, 5.74) is 0.539. The minimum Gasteiger partial charge on any atom is -0.325 e. The van der Waals surface area contributed by atoms with E-state index in [2.05, 4.69) is 179 Å². The summed E-state index contributed by atoms with van der Waals surface area (Å²) in [7, 11) is 15.9. The van der Waals surface area contributed by atoms with Crippen molar-refractivity contribution in [2.75, 3.05) is 51.3 Å². The van der Waals surface area contributed by atoms with Crippen molar-refractivity contribution in [2.45, 2.75) is 231 Å².